The van der Waals surface area contributed by atoms with Gasteiger partial charge in [0.2, 0.25) is 21.1 Å². The summed E-state index contributed by atoms with van der Waals surface area (Å²) in [5.41, 5.74) is 0.998. The van der Waals surface area contributed by atoms with E-state index >= 15 is 0 Å². The highest BCUT2D eigenvalue weighted by Crippen LogP contribution is 2.28. The van der Waals surface area contributed by atoms with Crippen LogP contribution in [0.15, 0.2) is 46.2 Å². The van der Waals surface area contributed by atoms with Gasteiger partial charge in [-0.25, -0.2) is 8.42 Å². The molecular weight excluding hydrogens is 416 g/mol. The molecular formula is C18H22N4O3S3. The van der Waals surface area contributed by atoms with Crippen molar-refractivity contribution in [2.75, 3.05) is 24.2 Å². The molecule has 1 unspecified atom stereocenters. The molecule has 0 aliphatic carbocycles. The summed E-state index contributed by atoms with van der Waals surface area (Å²) < 4.78 is 27.9. The van der Waals surface area contributed by atoms with E-state index in [2.05, 4.69) is 22.1 Å². The van der Waals surface area contributed by atoms with Gasteiger partial charge in [0.15, 0.2) is 4.34 Å². The molecule has 3 rings (SSSR count). The molecule has 1 saturated heterocycles. The van der Waals surface area contributed by atoms with Crippen LogP contribution < -0.4 is 5.32 Å². The summed E-state index contributed by atoms with van der Waals surface area (Å²) in [5, 5.41) is 11.2. The highest BCUT2D eigenvalue weighted by molar-refractivity contribution is 8.01. The highest BCUT2D eigenvalue weighted by Gasteiger charge is 2.33. The number of nitrogens with one attached hydrogen (secondary N) is 1. The molecule has 10 heteroatoms. The third-order valence-electron chi connectivity index (χ3n) is 4.37. The number of rotatable bonds is 7. The Hall–Kier alpha value is -1.75. The second-order valence-corrected chi connectivity index (χ2v) is 10.7. The van der Waals surface area contributed by atoms with Gasteiger partial charge in [0, 0.05) is 18.8 Å². The van der Waals surface area contributed by atoms with E-state index in [0.29, 0.717) is 24.5 Å². The third-order valence-corrected chi connectivity index (χ3v) is 8.22. The lowest BCUT2D eigenvalue weighted by molar-refractivity contribution is -0.120. The van der Waals surface area contributed by atoms with E-state index in [0.717, 1.165) is 15.7 Å². The number of piperidine rings is 1. The summed E-state index contributed by atoms with van der Waals surface area (Å²) in [6.07, 6.45) is 3.05. The Kier molecular flexibility index (Phi) is 6.86. The van der Waals surface area contributed by atoms with Crippen LogP contribution in [0.4, 0.5) is 5.13 Å². The van der Waals surface area contributed by atoms with E-state index in [4.69, 9.17) is 0 Å². The van der Waals surface area contributed by atoms with Gasteiger partial charge in [-0.15, -0.1) is 16.8 Å². The molecule has 0 spiro atoms. The van der Waals surface area contributed by atoms with Crippen LogP contribution in [0.1, 0.15) is 18.4 Å². The Morgan fingerprint density at radius 1 is 1.39 bits per heavy atom. The molecule has 1 aliphatic heterocycles. The van der Waals surface area contributed by atoms with Crippen LogP contribution >= 0.6 is 23.1 Å². The molecule has 1 N–H and O–H groups in total. The Labute approximate surface area is 173 Å². The van der Waals surface area contributed by atoms with Gasteiger partial charge in [0.1, 0.15) is 0 Å². The van der Waals surface area contributed by atoms with E-state index in [-0.39, 0.29) is 17.3 Å². The van der Waals surface area contributed by atoms with Crippen molar-refractivity contribution < 1.29 is 13.2 Å². The summed E-state index contributed by atoms with van der Waals surface area (Å²) >= 11 is 2.79. The smallest absolute Gasteiger partial charge is 0.243 e. The Bertz CT molecular complexity index is 941. The van der Waals surface area contributed by atoms with Crippen LogP contribution in [-0.4, -0.2) is 47.7 Å². The topological polar surface area (TPSA) is 92.3 Å². The first kappa shape index (κ1) is 21.0. The number of anilines is 1. The second kappa shape index (κ2) is 9.17. The molecule has 2 aromatic rings. The lowest BCUT2D eigenvalue weighted by atomic mass is 9.99. The standard InChI is InChI=1S/C18H22N4O3S3/c1-3-11-26-18-21-20-17(27-18)19-16(23)14-5-4-10-22(12-14)28(24,25)15-8-6-13(2)7-9-15/h3,6-9,14H,1,4-5,10-12H2,2H3,(H,19,20,23). The molecule has 1 amide bonds. The van der Waals surface area contributed by atoms with E-state index in [1.54, 1.807) is 30.3 Å². The first-order chi connectivity index (χ1) is 13.4. The van der Waals surface area contributed by atoms with Crippen molar-refractivity contribution in [2.45, 2.75) is 29.0 Å². The number of hydrogen-bond donors (Lipinski definition) is 1. The third kappa shape index (κ3) is 4.99. The van der Waals surface area contributed by atoms with Crippen LogP contribution in [0.2, 0.25) is 0 Å². The van der Waals surface area contributed by atoms with Crippen LogP contribution in [0, 0.1) is 12.8 Å². The van der Waals surface area contributed by atoms with Crippen molar-refractivity contribution in [1.29, 1.82) is 0 Å². The number of aromatic nitrogens is 2. The van der Waals surface area contributed by atoms with E-state index in [9.17, 15) is 13.2 Å². The zero-order valence-corrected chi connectivity index (χ0v) is 17.9. The van der Waals surface area contributed by atoms with Crippen LogP contribution in [0.25, 0.3) is 0 Å². The lowest BCUT2D eigenvalue weighted by Gasteiger charge is -2.31. The minimum Gasteiger partial charge on any atom is -0.300 e. The molecule has 0 radical (unpaired) electrons. The summed E-state index contributed by atoms with van der Waals surface area (Å²) in [4.78, 5) is 12.9. The van der Waals surface area contributed by atoms with Crippen molar-refractivity contribution >= 4 is 44.2 Å². The predicted octanol–water partition coefficient (Wildman–Crippen LogP) is 3.16. The van der Waals surface area contributed by atoms with E-state index in [1.807, 2.05) is 6.92 Å². The van der Waals surface area contributed by atoms with Gasteiger partial charge in [-0.3, -0.25) is 4.79 Å². The number of nitrogens with zero attached hydrogens (tertiary/aromatic N) is 3. The molecule has 150 valence electrons. The zero-order chi connectivity index (χ0) is 20.1. The Morgan fingerprint density at radius 3 is 2.86 bits per heavy atom. The van der Waals surface area contributed by atoms with Gasteiger partial charge in [-0.05, 0) is 31.9 Å². The highest BCUT2D eigenvalue weighted by atomic mass is 32.2. The number of aryl methyl sites for hydroxylation is 1. The average molecular weight is 439 g/mol. The quantitative estimate of drug-likeness (QED) is 0.406. The first-order valence-corrected chi connectivity index (χ1v) is 12.1. The van der Waals surface area contributed by atoms with Crippen molar-refractivity contribution in [1.82, 2.24) is 14.5 Å². The molecule has 1 aliphatic rings. The van der Waals surface area contributed by atoms with Crippen LogP contribution in [0.5, 0.6) is 0 Å². The van der Waals surface area contributed by atoms with Gasteiger partial charge in [0.25, 0.3) is 0 Å². The van der Waals surface area contributed by atoms with Crippen molar-refractivity contribution in [2.24, 2.45) is 5.92 Å². The summed E-state index contributed by atoms with van der Waals surface area (Å²) in [7, 11) is -3.61. The van der Waals surface area contributed by atoms with Gasteiger partial charge in [-0.1, -0.05) is 46.9 Å². The van der Waals surface area contributed by atoms with Gasteiger partial charge >= 0.3 is 0 Å². The Balaban J connectivity index is 1.65. The number of amides is 1. The van der Waals surface area contributed by atoms with Crippen molar-refractivity contribution in [3.05, 3.63) is 42.5 Å². The van der Waals surface area contributed by atoms with E-state index in [1.165, 1.54) is 27.4 Å². The molecule has 0 saturated carbocycles. The number of thioether (sulfide) groups is 1. The monoisotopic (exact) mass is 438 g/mol. The molecule has 2 heterocycles. The molecule has 1 aromatic heterocycles. The number of hydrogen-bond acceptors (Lipinski definition) is 7. The van der Waals surface area contributed by atoms with Gasteiger partial charge < -0.3 is 5.32 Å². The van der Waals surface area contributed by atoms with Gasteiger partial charge in [-0.2, -0.15) is 4.31 Å². The maximum Gasteiger partial charge on any atom is 0.243 e. The summed E-state index contributed by atoms with van der Waals surface area (Å²) in [6, 6.07) is 6.77. The predicted molar refractivity (Wildman–Crippen MR) is 112 cm³/mol. The van der Waals surface area contributed by atoms with Gasteiger partial charge in [0.05, 0.1) is 10.8 Å². The zero-order valence-electron chi connectivity index (χ0n) is 15.5. The van der Waals surface area contributed by atoms with Crippen molar-refractivity contribution in [3.8, 4) is 0 Å². The maximum absolute atomic E-state index is 12.9. The fourth-order valence-electron chi connectivity index (χ4n) is 2.89. The Morgan fingerprint density at radius 2 is 2.14 bits per heavy atom. The average Bonchev–Trinajstić information content (AvgIpc) is 3.14. The lowest BCUT2D eigenvalue weighted by Crippen LogP contribution is -2.43. The fraction of sp³-hybridized carbons (Fsp3) is 0.389. The van der Waals surface area contributed by atoms with Crippen LogP contribution in [-0.2, 0) is 14.8 Å². The molecule has 1 atom stereocenters. The molecule has 28 heavy (non-hydrogen) atoms. The first-order valence-electron chi connectivity index (χ1n) is 8.85. The summed E-state index contributed by atoms with van der Waals surface area (Å²) in [5.74, 6) is 0.0826. The molecule has 1 aromatic carbocycles. The normalized spacial score (nSPS) is 18.0. The molecule has 1 fully saturated rings. The molecule has 0 bridgehead atoms. The minimum absolute atomic E-state index is 0.166. The van der Waals surface area contributed by atoms with Crippen molar-refractivity contribution in [3.63, 3.8) is 0 Å². The number of carbonyl (C=O) groups is 1. The number of sulfonamides is 1. The second-order valence-electron chi connectivity index (χ2n) is 6.48. The molecule has 7 nitrogen and oxygen atoms in total. The fourth-order valence-corrected chi connectivity index (χ4v) is 5.93. The number of benzene rings is 1. The SMILES string of the molecule is C=CCSc1nnc(NC(=O)C2CCCN(S(=O)(=O)c3ccc(C)cc3)C2)s1. The van der Waals surface area contributed by atoms with E-state index < -0.39 is 15.9 Å². The van der Waals surface area contributed by atoms with Crippen LogP contribution in [0.3, 0.4) is 0 Å². The minimum atomic E-state index is -3.61. The summed E-state index contributed by atoms with van der Waals surface area (Å²) in [6.45, 7) is 6.15. The number of carbonyl (C=O) groups excluding carboxylic acids is 1. The largest absolute Gasteiger partial charge is 0.300 e. The maximum atomic E-state index is 12.9.